The molecule has 0 spiro atoms. The lowest BCUT2D eigenvalue weighted by atomic mass is 10.0. The Kier molecular flexibility index (Phi) is 4.49. The number of benzene rings is 1. The van der Waals surface area contributed by atoms with E-state index in [1.165, 1.54) is 22.7 Å². The van der Waals surface area contributed by atoms with Gasteiger partial charge < -0.3 is 10.5 Å². The van der Waals surface area contributed by atoms with Crippen LogP contribution in [-0.2, 0) is 10.0 Å². The largest absolute Gasteiger partial charge is 0.490 e. The molecule has 0 aliphatic carbocycles. The van der Waals surface area contributed by atoms with Gasteiger partial charge in [-0.3, -0.25) is 0 Å². The van der Waals surface area contributed by atoms with Crippen LogP contribution < -0.4 is 10.5 Å². The van der Waals surface area contributed by atoms with Crippen LogP contribution in [0, 0.1) is 11.7 Å². The van der Waals surface area contributed by atoms with Crippen molar-refractivity contribution >= 4 is 15.7 Å². The molecule has 1 unspecified atom stereocenters. The SMILES string of the molecule is CS(=O)(=O)N1CCCC(COc2ccc(N)cc2F)C1. The van der Waals surface area contributed by atoms with E-state index < -0.39 is 15.8 Å². The first-order valence-corrected chi connectivity index (χ1v) is 8.34. The second kappa shape index (κ2) is 5.97. The first kappa shape index (κ1) is 15.1. The van der Waals surface area contributed by atoms with E-state index in [1.807, 2.05) is 0 Å². The summed E-state index contributed by atoms with van der Waals surface area (Å²) in [5, 5.41) is 0. The molecule has 1 heterocycles. The molecule has 2 N–H and O–H groups in total. The summed E-state index contributed by atoms with van der Waals surface area (Å²) in [6.45, 7) is 1.27. The summed E-state index contributed by atoms with van der Waals surface area (Å²) in [6, 6.07) is 4.27. The average Bonchev–Trinajstić information content (AvgIpc) is 2.37. The highest BCUT2D eigenvalue weighted by Crippen LogP contribution is 2.23. The van der Waals surface area contributed by atoms with Gasteiger partial charge in [0.1, 0.15) is 0 Å². The number of sulfonamides is 1. The molecule has 1 aromatic carbocycles. The highest BCUT2D eigenvalue weighted by Gasteiger charge is 2.26. The van der Waals surface area contributed by atoms with Gasteiger partial charge in [0.2, 0.25) is 10.0 Å². The molecule has 5 nitrogen and oxygen atoms in total. The minimum Gasteiger partial charge on any atom is -0.490 e. The van der Waals surface area contributed by atoms with Gasteiger partial charge in [-0.05, 0) is 25.0 Å². The quantitative estimate of drug-likeness (QED) is 0.855. The van der Waals surface area contributed by atoms with Gasteiger partial charge in [-0.25, -0.2) is 17.1 Å². The van der Waals surface area contributed by atoms with Gasteiger partial charge in [-0.1, -0.05) is 0 Å². The van der Waals surface area contributed by atoms with Crippen molar-refractivity contribution in [3.63, 3.8) is 0 Å². The molecule has 1 aliphatic heterocycles. The summed E-state index contributed by atoms with van der Waals surface area (Å²) in [7, 11) is -3.17. The molecule has 112 valence electrons. The number of rotatable bonds is 4. The van der Waals surface area contributed by atoms with Gasteiger partial charge in [-0.2, -0.15) is 0 Å². The van der Waals surface area contributed by atoms with Gasteiger partial charge in [0, 0.05) is 30.8 Å². The molecule has 1 saturated heterocycles. The van der Waals surface area contributed by atoms with Crippen LogP contribution in [0.15, 0.2) is 18.2 Å². The van der Waals surface area contributed by atoms with Gasteiger partial charge in [0.05, 0.1) is 12.9 Å². The molecule has 1 aromatic rings. The van der Waals surface area contributed by atoms with E-state index in [-0.39, 0.29) is 11.7 Å². The Bertz CT molecular complexity index is 577. The van der Waals surface area contributed by atoms with Crippen molar-refractivity contribution in [1.82, 2.24) is 4.31 Å². The van der Waals surface area contributed by atoms with Crippen molar-refractivity contribution in [1.29, 1.82) is 0 Å². The summed E-state index contributed by atoms with van der Waals surface area (Å²) in [4.78, 5) is 0. The van der Waals surface area contributed by atoms with Crippen molar-refractivity contribution in [3.05, 3.63) is 24.0 Å². The third kappa shape index (κ3) is 3.83. The smallest absolute Gasteiger partial charge is 0.211 e. The average molecular weight is 302 g/mol. The highest BCUT2D eigenvalue weighted by atomic mass is 32.2. The maximum absolute atomic E-state index is 13.6. The molecule has 0 saturated carbocycles. The van der Waals surface area contributed by atoms with Crippen LogP contribution in [0.2, 0.25) is 0 Å². The van der Waals surface area contributed by atoms with E-state index in [2.05, 4.69) is 0 Å². The number of nitrogens with two attached hydrogens (primary N) is 1. The molecular weight excluding hydrogens is 283 g/mol. The third-order valence-corrected chi connectivity index (χ3v) is 4.65. The zero-order valence-electron chi connectivity index (χ0n) is 11.4. The van der Waals surface area contributed by atoms with Crippen molar-refractivity contribution in [2.75, 3.05) is 31.7 Å². The molecular formula is C13H19FN2O3S. The van der Waals surface area contributed by atoms with Crippen LogP contribution in [-0.4, -0.2) is 38.7 Å². The molecule has 7 heteroatoms. The second-order valence-electron chi connectivity index (χ2n) is 5.13. The van der Waals surface area contributed by atoms with Crippen LogP contribution in [0.3, 0.4) is 0 Å². The number of nitrogen functional groups attached to an aromatic ring is 1. The van der Waals surface area contributed by atoms with Crippen LogP contribution in [0.25, 0.3) is 0 Å². The maximum atomic E-state index is 13.6. The number of nitrogens with zero attached hydrogens (tertiary/aromatic N) is 1. The number of ether oxygens (including phenoxy) is 1. The molecule has 1 atom stereocenters. The van der Waals surface area contributed by atoms with Gasteiger partial charge in [0.25, 0.3) is 0 Å². The summed E-state index contributed by atoms with van der Waals surface area (Å²) in [5.41, 5.74) is 5.81. The van der Waals surface area contributed by atoms with Crippen LogP contribution in [0.5, 0.6) is 5.75 Å². The molecule has 0 radical (unpaired) electrons. The number of piperidine rings is 1. The van der Waals surface area contributed by atoms with Crippen LogP contribution in [0.4, 0.5) is 10.1 Å². The van der Waals surface area contributed by atoms with Gasteiger partial charge >= 0.3 is 0 Å². The molecule has 0 amide bonds. The van der Waals surface area contributed by atoms with Crippen molar-refractivity contribution in [2.45, 2.75) is 12.8 Å². The van der Waals surface area contributed by atoms with E-state index in [0.29, 0.717) is 25.4 Å². The van der Waals surface area contributed by atoms with E-state index in [9.17, 15) is 12.8 Å². The second-order valence-corrected chi connectivity index (χ2v) is 7.11. The lowest BCUT2D eigenvalue weighted by molar-refractivity contribution is 0.176. The number of hydrogen-bond acceptors (Lipinski definition) is 4. The Morgan fingerprint density at radius 3 is 2.90 bits per heavy atom. The van der Waals surface area contributed by atoms with Gasteiger partial charge in [-0.15, -0.1) is 0 Å². The van der Waals surface area contributed by atoms with Crippen LogP contribution in [0.1, 0.15) is 12.8 Å². The van der Waals surface area contributed by atoms with E-state index in [0.717, 1.165) is 12.8 Å². The normalized spacial score (nSPS) is 20.8. The lowest BCUT2D eigenvalue weighted by Crippen LogP contribution is -2.40. The Balaban J connectivity index is 1.94. The van der Waals surface area contributed by atoms with E-state index in [4.69, 9.17) is 10.5 Å². The zero-order valence-corrected chi connectivity index (χ0v) is 12.2. The van der Waals surface area contributed by atoms with Crippen LogP contribution >= 0.6 is 0 Å². The first-order valence-electron chi connectivity index (χ1n) is 6.49. The summed E-state index contributed by atoms with van der Waals surface area (Å²) < 4.78 is 43.5. The Morgan fingerprint density at radius 1 is 1.50 bits per heavy atom. The molecule has 0 bridgehead atoms. The number of halogens is 1. The number of hydrogen-bond donors (Lipinski definition) is 1. The standard InChI is InChI=1S/C13H19FN2O3S/c1-20(17,18)16-6-2-3-10(8-16)9-19-13-5-4-11(15)7-12(13)14/h4-5,7,10H,2-3,6,8-9,15H2,1H3. The molecule has 2 rings (SSSR count). The molecule has 1 aliphatic rings. The fraction of sp³-hybridized carbons (Fsp3) is 0.538. The monoisotopic (exact) mass is 302 g/mol. The van der Waals surface area contributed by atoms with E-state index in [1.54, 1.807) is 6.07 Å². The minimum absolute atomic E-state index is 0.0791. The lowest BCUT2D eigenvalue weighted by Gasteiger charge is -2.30. The van der Waals surface area contributed by atoms with Crippen molar-refractivity contribution in [3.8, 4) is 5.75 Å². The third-order valence-electron chi connectivity index (χ3n) is 3.38. The maximum Gasteiger partial charge on any atom is 0.211 e. The minimum atomic E-state index is -3.17. The molecule has 1 fully saturated rings. The zero-order chi connectivity index (χ0) is 14.8. The summed E-state index contributed by atoms with van der Waals surface area (Å²) in [5.74, 6) is -0.271. The summed E-state index contributed by atoms with van der Waals surface area (Å²) >= 11 is 0. The fourth-order valence-corrected chi connectivity index (χ4v) is 3.25. The highest BCUT2D eigenvalue weighted by molar-refractivity contribution is 7.88. The first-order chi connectivity index (χ1) is 9.36. The van der Waals surface area contributed by atoms with Crippen molar-refractivity contribution < 1.29 is 17.5 Å². The Morgan fingerprint density at radius 2 is 2.25 bits per heavy atom. The number of anilines is 1. The fourth-order valence-electron chi connectivity index (χ4n) is 2.31. The van der Waals surface area contributed by atoms with Gasteiger partial charge in [0.15, 0.2) is 11.6 Å². The Hall–Kier alpha value is -1.34. The molecule has 20 heavy (non-hydrogen) atoms. The topological polar surface area (TPSA) is 72.6 Å². The molecule has 0 aromatic heterocycles. The van der Waals surface area contributed by atoms with Crippen molar-refractivity contribution in [2.24, 2.45) is 5.92 Å². The predicted octanol–water partition coefficient (Wildman–Crippen LogP) is 1.46. The predicted molar refractivity (Wildman–Crippen MR) is 75.4 cm³/mol. The summed E-state index contributed by atoms with van der Waals surface area (Å²) in [6.07, 6.45) is 2.88. The van der Waals surface area contributed by atoms with E-state index >= 15 is 0 Å². The Labute approximate surface area is 118 Å².